The van der Waals surface area contributed by atoms with Gasteiger partial charge in [-0.3, -0.25) is 9.59 Å². The third-order valence-electron chi connectivity index (χ3n) is 4.29. The Hall–Kier alpha value is -3.22. The molecule has 0 saturated carbocycles. The molecule has 0 spiro atoms. The van der Waals surface area contributed by atoms with Crippen LogP contribution in [0.2, 0.25) is 0 Å². The van der Waals surface area contributed by atoms with Crippen LogP contribution in [0.15, 0.2) is 42.5 Å². The van der Waals surface area contributed by atoms with Crippen LogP contribution < -0.4 is 24.6 Å². The van der Waals surface area contributed by atoms with Crippen LogP contribution in [0.1, 0.15) is 13.3 Å². The van der Waals surface area contributed by atoms with Crippen molar-refractivity contribution < 1.29 is 19.1 Å². The lowest BCUT2D eigenvalue weighted by Gasteiger charge is -2.22. The number of rotatable bonds is 8. The van der Waals surface area contributed by atoms with Gasteiger partial charge in [0.1, 0.15) is 0 Å². The second-order valence-corrected chi connectivity index (χ2v) is 6.45. The molecule has 1 N–H and O–H groups in total. The van der Waals surface area contributed by atoms with E-state index in [1.54, 1.807) is 30.2 Å². The number of anilines is 3. The molecular weight excluding hydrogens is 358 g/mol. The Bertz CT molecular complexity index is 819. The van der Waals surface area contributed by atoms with Crippen LogP contribution in [0.5, 0.6) is 11.5 Å². The molecule has 0 fully saturated rings. The van der Waals surface area contributed by atoms with E-state index < -0.39 is 0 Å². The van der Waals surface area contributed by atoms with Gasteiger partial charge in [0.25, 0.3) is 0 Å². The molecule has 2 aromatic rings. The highest BCUT2D eigenvalue weighted by molar-refractivity contribution is 5.95. The summed E-state index contributed by atoms with van der Waals surface area (Å²) in [6, 6.07) is 12.8. The molecule has 2 aromatic carbocycles. The number of carbonyl (C=O) groups excluding carboxylic acids is 2. The van der Waals surface area contributed by atoms with Crippen LogP contribution in [0.3, 0.4) is 0 Å². The maximum absolute atomic E-state index is 12.3. The average Bonchev–Trinajstić information content (AvgIpc) is 2.68. The van der Waals surface area contributed by atoms with Crippen molar-refractivity contribution >= 4 is 28.9 Å². The van der Waals surface area contributed by atoms with Crippen LogP contribution in [-0.4, -0.2) is 46.7 Å². The molecule has 0 atom stereocenters. The van der Waals surface area contributed by atoms with E-state index >= 15 is 0 Å². The third-order valence-corrected chi connectivity index (χ3v) is 4.29. The molecule has 0 bridgehead atoms. The largest absolute Gasteiger partial charge is 0.493 e. The Labute approximate surface area is 165 Å². The van der Waals surface area contributed by atoms with Gasteiger partial charge in [0.05, 0.1) is 14.2 Å². The van der Waals surface area contributed by atoms with Crippen LogP contribution in [0, 0.1) is 0 Å². The van der Waals surface area contributed by atoms with Crippen molar-refractivity contribution in [2.75, 3.05) is 50.0 Å². The zero-order valence-electron chi connectivity index (χ0n) is 17.0. The number of nitrogens with one attached hydrogen (secondary N) is 1. The van der Waals surface area contributed by atoms with Gasteiger partial charge in [-0.05, 0) is 36.4 Å². The van der Waals surface area contributed by atoms with E-state index in [0.29, 0.717) is 17.2 Å². The average molecular weight is 385 g/mol. The van der Waals surface area contributed by atoms with Gasteiger partial charge in [-0.1, -0.05) is 0 Å². The van der Waals surface area contributed by atoms with Gasteiger partial charge in [-0.25, -0.2) is 0 Å². The molecule has 28 heavy (non-hydrogen) atoms. The number of methoxy groups -OCH3 is 2. The molecule has 0 radical (unpaired) electrons. The van der Waals surface area contributed by atoms with Gasteiger partial charge in [0.2, 0.25) is 11.8 Å². The number of hydrogen-bond donors (Lipinski definition) is 1. The maximum atomic E-state index is 12.3. The monoisotopic (exact) mass is 385 g/mol. The summed E-state index contributed by atoms with van der Waals surface area (Å²) in [5, 5.41) is 2.82. The Kier molecular flexibility index (Phi) is 7.26. The van der Waals surface area contributed by atoms with Crippen LogP contribution >= 0.6 is 0 Å². The van der Waals surface area contributed by atoms with Crippen LogP contribution in [-0.2, 0) is 9.59 Å². The van der Waals surface area contributed by atoms with E-state index in [1.807, 2.05) is 43.3 Å². The van der Waals surface area contributed by atoms with Gasteiger partial charge in [-0.15, -0.1) is 0 Å². The summed E-state index contributed by atoms with van der Waals surface area (Å²) in [5.74, 6) is 0.816. The van der Waals surface area contributed by atoms with Crippen molar-refractivity contribution in [3.05, 3.63) is 42.5 Å². The lowest BCUT2D eigenvalue weighted by atomic mass is 10.2. The van der Waals surface area contributed by atoms with Crippen molar-refractivity contribution in [1.29, 1.82) is 0 Å². The summed E-state index contributed by atoms with van der Waals surface area (Å²) in [7, 11) is 7.00. The summed E-state index contributed by atoms with van der Waals surface area (Å²) in [4.78, 5) is 28.0. The van der Waals surface area contributed by atoms with E-state index in [1.165, 1.54) is 14.0 Å². The number of amides is 2. The lowest BCUT2D eigenvalue weighted by molar-refractivity contribution is -0.117. The highest BCUT2D eigenvalue weighted by Gasteiger charge is 2.14. The van der Waals surface area contributed by atoms with E-state index in [-0.39, 0.29) is 24.8 Å². The van der Waals surface area contributed by atoms with Crippen molar-refractivity contribution in [3.8, 4) is 11.5 Å². The molecule has 0 aliphatic heterocycles. The summed E-state index contributed by atoms with van der Waals surface area (Å²) >= 11 is 0. The van der Waals surface area contributed by atoms with E-state index in [9.17, 15) is 9.59 Å². The fourth-order valence-corrected chi connectivity index (χ4v) is 2.75. The molecule has 2 amide bonds. The van der Waals surface area contributed by atoms with Gasteiger partial charge in [0.15, 0.2) is 11.5 Å². The minimum atomic E-state index is -0.191. The third kappa shape index (κ3) is 5.39. The van der Waals surface area contributed by atoms with Crippen molar-refractivity contribution in [2.45, 2.75) is 13.3 Å². The summed E-state index contributed by atoms with van der Waals surface area (Å²) < 4.78 is 10.4. The van der Waals surface area contributed by atoms with Crippen molar-refractivity contribution in [2.24, 2.45) is 0 Å². The second-order valence-electron chi connectivity index (χ2n) is 6.45. The molecule has 0 aliphatic rings. The number of carbonyl (C=O) groups is 2. The smallest absolute Gasteiger partial charge is 0.226 e. The van der Waals surface area contributed by atoms with Gasteiger partial charge < -0.3 is 24.6 Å². The molecule has 0 unspecified atom stereocenters. The Morgan fingerprint density at radius 1 is 0.929 bits per heavy atom. The van der Waals surface area contributed by atoms with E-state index in [2.05, 4.69) is 5.32 Å². The fraction of sp³-hybridized carbons (Fsp3) is 0.333. The predicted molar refractivity (Wildman–Crippen MR) is 112 cm³/mol. The molecule has 150 valence electrons. The number of benzene rings is 2. The standard InChI is InChI=1S/C21H27N3O4/c1-15(25)24(18-9-7-17(8-10-18)23(2)3)13-12-21(26)22-16-6-11-19(27-4)20(14-16)28-5/h6-11,14H,12-13H2,1-5H3,(H,22,26). The zero-order chi connectivity index (χ0) is 20.7. The highest BCUT2D eigenvalue weighted by atomic mass is 16.5. The predicted octanol–water partition coefficient (Wildman–Crippen LogP) is 3.15. The Morgan fingerprint density at radius 3 is 2.07 bits per heavy atom. The van der Waals surface area contributed by atoms with Crippen molar-refractivity contribution in [3.63, 3.8) is 0 Å². The number of ether oxygens (including phenoxy) is 2. The van der Waals surface area contributed by atoms with Crippen molar-refractivity contribution in [1.82, 2.24) is 0 Å². The Morgan fingerprint density at radius 2 is 1.54 bits per heavy atom. The zero-order valence-corrected chi connectivity index (χ0v) is 17.0. The van der Waals surface area contributed by atoms with Crippen LogP contribution in [0.25, 0.3) is 0 Å². The number of nitrogens with zero attached hydrogens (tertiary/aromatic N) is 2. The Balaban J connectivity index is 2.01. The van der Waals surface area contributed by atoms with Gasteiger partial charge in [0, 0.05) is 57.1 Å². The molecule has 0 heterocycles. The number of hydrogen-bond acceptors (Lipinski definition) is 5. The first-order valence-electron chi connectivity index (χ1n) is 8.93. The first-order chi connectivity index (χ1) is 13.3. The molecular formula is C21H27N3O4. The quantitative estimate of drug-likeness (QED) is 0.756. The SMILES string of the molecule is COc1ccc(NC(=O)CCN(C(C)=O)c2ccc(N(C)C)cc2)cc1OC. The minimum Gasteiger partial charge on any atom is -0.493 e. The highest BCUT2D eigenvalue weighted by Crippen LogP contribution is 2.29. The first-order valence-corrected chi connectivity index (χ1v) is 8.93. The van der Waals surface area contributed by atoms with Gasteiger partial charge >= 0.3 is 0 Å². The fourth-order valence-electron chi connectivity index (χ4n) is 2.75. The molecule has 0 saturated heterocycles. The van der Waals surface area contributed by atoms with E-state index in [0.717, 1.165) is 11.4 Å². The molecule has 7 heteroatoms. The normalized spacial score (nSPS) is 10.2. The van der Waals surface area contributed by atoms with E-state index in [4.69, 9.17) is 9.47 Å². The lowest BCUT2D eigenvalue weighted by Crippen LogP contribution is -2.32. The molecule has 2 rings (SSSR count). The molecule has 7 nitrogen and oxygen atoms in total. The molecule has 0 aromatic heterocycles. The first kappa shape index (κ1) is 21.1. The molecule has 0 aliphatic carbocycles. The summed E-state index contributed by atoms with van der Waals surface area (Å²) in [6.45, 7) is 1.78. The summed E-state index contributed by atoms with van der Waals surface area (Å²) in [5.41, 5.74) is 2.41. The second kappa shape index (κ2) is 9.64. The topological polar surface area (TPSA) is 71.1 Å². The van der Waals surface area contributed by atoms with Gasteiger partial charge in [-0.2, -0.15) is 0 Å². The maximum Gasteiger partial charge on any atom is 0.226 e. The summed E-state index contributed by atoms with van der Waals surface area (Å²) in [6.07, 6.45) is 0.170. The van der Waals surface area contributed by atoms with Crippen LogP contribution in [0.4, 0.5) is 17.1 Å². The minimum absolute atomic E-state index is 0.114.